The van der Waals surface area contributed by atoms with Crippen LogP contribution >= 0.6 is 0 Å². The molecule has 0 aliphatic carbocycles. The van der Waals surface area contributed by atoms with Crippen LogP contribution in [0.2, 0.25) is 0 Å². The highest BCUT2D eigenvalue weighted by molar-refractivity contribution is 5.49. The summed E-state index contributed by atoms with van der Waals surface area (Å²) in [5.74, 6) is 0.736. The summed E-state index contributed by atoms with van der Waals surface area (Å²) < 4.78 is 5.74. The molecule has 0 saturated heterocycles. The summed E-state index contributed by atoms with van der Waals surface area (Å²) in [6, 6.07) is 8.22. The molecule has 0 amide bonds. The van der Waals surface area contributed by atoms with Gasteiger partial charge in [0.2, 0.25) is 0 Å². The molecule has 2 aromatic rings. The van der Waals surface area contributed by atoms with Crippen molar-refractivity contribution in [3.8, 4) is 11.8 Å². The van der Waals surface area contributed by atoms with Gasteiger partial charge in [0.1, 0.15) is 5.75 Å². The van der Waals surface area contributed by atoms with E-state index in [0.29, 0.717) is 6.01 Å². The lowest BCUT2D eigenvalue weighted by atomic mass is 10.2. The van der Waals surface area contributed by atoms with Crippen LogP contribution in [0.5, 0.6) is 11.8 Å². The van der Waals surface area contributed by atoms with Crippen LogP contribution in [0.25, 0.3) is 0 Å². The smallest absolute Gasteiger partial charge is 0.322 e. The van der Waals surface area contributed by atoms with E-state index in [0.717, 1.165) is 35.8 Å². The number of hydrogen-bond acceptors (Lipinski definition) is 5. The Morgan fingerprint density at radius 3 is 2.76 bits per heavy atom. The zero-order chi connectivity index (χ0) is 15.2. The molecule has 0 saturated carbocycles. The molecular weight excluding hydrogens is 264 g/mol. The average Bonchev–Trinajstić information content (AvgIpc) is 2.47. The zero-order valence-electron chi connectivity index (χ0n) is 13.1. The molecule has 21 heavy (non-hydrogen) atoms. The maximum absolute atomic E-state index is 5.74. The Kier molecular flexibility index (Phi) is 5.11. The van der Waals surface area contributed by atoms with Crippen LogP contribution in [0, 0.1) is 6.92 Å². The molecule has 0 atom stereocenters. The van der Waals surface area contributed by atoms with Gasteiger partial charge in [-0.2, -0.15) is 4.98 Å². The van der Waals surface area contributed by atoms with E-state index >= 15 is 0 Å². The fourth-order valence-electron chi connectivity index (χ4n) is 1.88. The van der Waals surface area contributed by atoms with Crippen molar-refractivity contribution in [2.24, 2.45) is 0 Å². The predicted molar refractivity (Wildman–Crippen MR) is 85.0 cm³/mol. The maximum atomic E-state index is 5.74. The second-order valence-electron chi connectivity index (χ2n) is 5.04. The Morgan fingerprint density at radius 2 is 2.10 bits per heavy atom. The first-order chi connectivity index (χ1) is 10.1. The fourth-order valence-corrected chi connectivity index (χ4v) is 1.88. The minimum atomic E-state index is 0.378. The van der Waals surface area contributed by atoms with Crippen LogP contribution in [0.3, 0.4) is 0 Å². The van der Waals surface area contributed by atoms with Crippen molar-refractivity contribution in [1.29, 1.82) is 0 Å². The molecule has 0 aliphatic rings. The molecule has 0 unspecified atom stereocenters. The second-order valence-corrected chi connectivity index (χ2v) is 5.04. The van der Waals surface area contributed by atoms with E-state index in [4.69, 9.17) is 4.74 Å². The molecule has 5 nitrogen and oxygen atoms in total. The summed E-state index contributed by atoms with van der Waals surface area (Å²) in [4.78, 5) is 10.7. The van der Waals surface area contributed by atoms with E-state index in [9.17, 15) is 0 Å². The number of benzene rings is 1. The average molecular weight is 286 g/mol. The van der Waals surface area contributed by atoms with Crippen LogP contribution in [0.1, 0.15) is 18.2 Å². The van der Waals surface area contributed by atoms with Crippen LogP contribution in [-0.2, 0) is 6.54 Å². The highest BCUT2D eigenvalue weighted by Crippen LogP contribution is 2.23. The lowest BCUT2D eigenvalue weighted by Crippen LogP contribution is -2.13. The van der Waals surface area contributed by atoms with Gasteiger partial charge in [-0.25, -0.2) is 4.98 Å². The normalized spacial score (nSPS) is 10.5. The van der Waals surface area contributed by atoms with Gasteiger partial charge in [-0.05, 0) is 25.6 Å². The minimum absolute atomic E-state index is 0.378. The Hall–Kier alpha value is -2.14. The van der Waals surface area contributed by atoms with Crippen LogP contribution in [-0.4, -0.2) is 30.6 Å². The summed E-state index contributed by atoms with van der Waals surface area (Å²) in [5, 5.41) is 3.27. The van der Waals surface area contributed by atoms with E-state index < -0.39 is 0 Å². The van der Waals surface area contributed by atoms with E-state index in [-0.39, 0.29) is 0 Å². The van der Waals surface area contributed by atoms with Gasteiger partial charge < -0.3 is 15.0 Å². The molecule has 2 rings (SSSR count). The van der Waals surface area contributed by atoms with Gasteiger partial charge in [-0.15, -0.1) is 0 Å². The fraction of sp³-hybridized carbons (Fsp3) is 0.375. The number of aromatic nitrogens is 2. The van der Waals surface area contributed by atoms with Gasteiger partial charge in [-0.3, -0.25) is 0 Å². The standard InChI is InChI=1S/C16H22N4O/c1-5-17-10-13-11-18-16(19-12(13)2)21-15-8-6-7-14(9-15)20(3)4/h6-9,11,17H,5,10H2,1-4H3. The van der Waals surface area contributed by atoms with Crippen molar-refractivity contribution in [1.82, 2.24) is 15.3 Å². The molecule has 5 heteroatoms. The maximum Gasteiger partial charge on any atom is 0.322 e. The van der Waals surface area contributed by atoms with Gasteiger partial charge in [0.25, 0.3) is 0 Å². The molecule has 112 valence electrons. The Bertz CT molecular complexity index is 599. The largest absolute Gasteiger partial charge is 0.424 e. The molecule has 0 fully saturated rings. The summed E-state index contributed by atoms with van der Waals surface area (Å²) >= 11 is 0. The number of aryl methyl sites for hydroxylation is 1. The molecule has 1 aromatic carbocycles. The Labute approximate surface area is 126 Å². The molecule has 1 N–H and O–H groups in total. The van der Waals surface area contributed by atoms with Crippen molar-refractivity contribution < 1.29 is 4.74 Å². The molecule has 0 spiro atoms. The lowest BCUT2D eigenvalue weighted by Gasteiger charge is -2.13. The first kappa shape index (κ1) is 15.3. The summed E-state index contributed by atoms with van der Waals surface area (Å²) in [6.07, 6.45) is 1.82. The van der Waals surface area contributed by atoms with Crippen molar-refractivity contribution >= 4 is 5.69 Å². The quantitative estimate of drug-likeness (QED) is 0.885. The highest BCUT2D eigenvalue weighted by atomic mass is 16.5. The summed E-state index contributed by atoms with van der Waals surface area (Å²) in [7, 11) is 3.99. The molecule has 0 radical (unpaired) electrons. The number of hydrogen-bond donors (Lipinski definition) is 1. The van der Waals surface area contributed by atoms with Gasteiger partial charge in [-0.1, -0.05) is 13.0 Å². The first-order valence-electron chi connectivity index (χ1n) is 7.08. The van der Waals surface area contributed by atoms with E-state index in [2.05, 4.69) is 22.2 Å². The van der Waals surface area contributed by atoms with E-state index in [1.165, 1.54) is 0 Å². The van der Waals surface area contributed by atoms with E-state index in [1.54, 1.807) is 0 Å². The predicted octanol–water partition coefficient (Wildman–Crippen LogP) is 2.75. The molecular formula is C16H22N4O. The van der Waals surface area contributed by atoms with E-state index in [1.807, 2.05) is 56.4 Å². The number of nitrogens with one attached hydrogen (secondary N) is 1. The van der Waals surface area contributed by atoms with Gasteiger partial charge in [0, 0.05) is 49.8 Å². The number of rotatable bonds is 6. The SMILES string of the molecule is CCNCc1cnc(Oc2cccc(N(C)C)c2)nc1C. The highest BCUT2D eigenvalue weighted by Gasteiger charge is 2.06. The lowest BCUT2D eigenvalue weighted by molar-refractivity contribution is 0.439. The molecule has 1 aromatic heterocycles. The molecule has 0 aliphatic heterocycles. The number of anilines is 1. The first-order valence-corrected chi connectivity index (χ1v) is 7.08. The van der Waals surface area contributed by atoms with Crippen LogP contribution < -0.4 is 15.0 Å². The van der Waals surface area contributed by atoms with Crippen molar-refractivity contribution in [3.63, 3.8) is 0 Å². The summed E-state index contributed by atoms with van der Waals surface area (Å²) in [6.45, 7) is 5.75. The zero-order valence-corrected chi connectivity index (χ0v) is 13.1. The molecule has 1 heterocycles. The van der Waals surface area contributed by atoms with Crippen molar-refractivity contribution in [2.75, 3.05) is 25.5 Å². The topological polar surface area (TPSA) is 50.3 Å². The third-order valence-corrected chi connectivity index (χ3v) is 3.17. The minimum Gasteiger partial charge on any atom is -0.424 e. The monoisotopic (exact) mass is 286 g/mol. The third kappa shape index (κ3) is 4.16. The Balaban J connectivity index is 2.12. The van der Waals surface area contributed by atoms with Gasteiger partial charge in [0.05, 0.1) is 0 Å². The summed E-state index contributed by atoms with van der Waals surface area (Å²) in [5.41, 5.74) is 3.10. The van der Waals surface area contributed by atoms with Crippen molar-refractivity contribution in [2.45, 2.75) is 20.4 Å². The van der Waals surface area contributed by atoms with Crippen molar-refractivity contribution in [3.05, 3.63) is 41.7 Å². The number of ether oxygens (including phenoxy) is 1. The second kappa shape index (κ2) is 7.04. The third-order valence-electron chi connectivity index (χ3n) is 3.17. The molecule has 0 bridgehead atoms. The number of nitrogens with zero attached hydrogens (tertiary/aromatic N) is 3. The van der Waals surface area contributed by atoms with Crippen LogP contribution in [0.4, 0.5) is 5.69 Å². The van der Waals surface area contributed by atoms with Crippen LogP contribution in [0.15, 0.2) is 30.5 Å². The Morgan fingerprint density at radius 1 is 1.29 bits per heavy atom. The van der Waals surface area contributed by atoms with Gasteiger partial charge >= 0.3 is 6.01 Å². The van der Waals surface area contributed by atoms with Gasteiger partial charge in [0.15, 0.2) is 0 Å².